The fourth-order valence-electron chi connectivity index (χ4n) is 2.93. The molecule has 0 saturated carbocycles. The van der Waals surface area contributed by atoms with Gasteiger partial charge in [0.2, 0.25) is 5.91 Å². The Morgan fingerprint density at radius 3 is 2.74 bits per heavy atom. The average molecular weight is 416 g/mol. The van der Waals surface area contributed by atoms with E-state index in [1.165, 1.54) is 4.90 Å². The Balaban J connectivity index is 2.13. The summed E-state index contributed by atoms with van der Waals surface area (Å²) in [5.74, 6) is -2.09. The summed E-state index contributed by atoms with van der Waals surface area (Å²) in [6.07, 6.45) is 1.73. The highest BCUT2D eigenvalue weighted by molar-refractivity contribution is 7.99. The molecule has 1 aromatic rings. The summed E-state index contributed by atoms with van der Waals surface area (Å²) in [5.41, 5.74) is 5.46. The summed E-state index contributed by atoms with van der Waals surface area (Å²) in [5, 5.41) is 23.5. The Bertz CT molecular complexity index is 641. The van der Waals surface area contributed by atoms with E-state index in [1.807, 2.05) is 17.5 Å². The maximum absolute atomic E-state index is 12.9. The number of nitrogens with two attached hydrogens (primary N) is 1. The molecule has 1 aromatic heterocycles. The number of unbranched alkanes of at least 4 members (excludes halogenated alkanes) is 1. The van der Waals surface area contributed by atoms with Gasteiger partial charge in [0, 0.05) is 17.2 Å². The number of thioether (sulfide) groups is 1. The first-order valence-corrected chi connectivity index (χ1v) is 10.7. The lowest BCUT2D eigenvalue weighted by atomic mass is 10.1. The van der Waals surface area contributed by atoms with Crippen molar-refractivity contribution in [2.24, 2.45) is 5.73 Å². The van der Waals surface area contributed by atoms with E-state index >= 15 is 0 Å². The number of hydrogen-bond donors (Lipinski definition) is 4. The predicted molar refractivity (Wildman–Crippen MR) is 105 cm³/mol. The number of nitrogens with one attached hydrogen (secondary N) is 1. The first kappa shape index (κ1) is 21.7. The third kappa shape index (κ3) is 6.49. The van der Waals surface area contributed by atoms with Crippen LogP contribution in [-0.2, 0) is 14.4 Å². The van der Waals surface area contributed by atoms with Crippen LogP contribution >= 0.6 is 23.1 Å². The van der Waals surface area contributed by atoms with Gasteiger partial charge in [-0.1, -0.05) is 12.5 Å². The predicted octanol–water partition coefficient (Wildman–Crippen LogP) is 0.990. The van der Waals surface area contributed by atoms with E-state index < -0.39 is 30.6 Å². The van der Waals surface area contributed by atoms with Gasteiger partial charge in [-0.2, -0.15) is 0 Å². The van der Waals surface area contributed by atoms with Gasteiger partial charge in [0.1, 0.15) is 12.6 Å². The number of rotatable bonds is 10. The molecule has 0 unspecified atom stereocenters. The number of carbonyl (C=O) groups is 3. The van der Waals surface area contributed by atoms with Crippen LogP contribution in [0.2, 0.25) is 0 Å². The van der Waals surface area contributed by atoms with Gasteiger partial charge >= 0.3 is 11.9 Å². The summed E-state index contributed by atoms with van der Waals surface area (Å²) >= 11 is 3.11. The van der Waals surface area contributed by atoms with E-state index in [-0.39, 0.29) is 11.2 Å². The molecule has 8 nitrogen and oxygen atoms in total. The van der Waals surface area contributed by atoms with Crippen LogP contribution in [0.3, 0.4) is 0 Å². The highest BCUT2D eigenvalue weighted by Gasteiger charge is 2.35. The average Bonchev–Trinajstić information content (AvgIpc) is 3.10. The Morgan fingerprint density at radius 1 is 1.37 bits per heavy atom. The van der Waals surface area contributed by atoms with E-state index in [0.717, 1.165) is 4.88 Å². The first-order valence-electron chi connectivity index (χ1n) is 8.77. The van der Waals surface area contributed by atoms with Crippen molar-refractivity contribution in [2.75, 3.05) is 25.4 Å². The zero-order valence-electron chi connectivity index (χ0n) is 14.9. The fraction of sp³-hybridized carbons (Fsp3) is 0.588. The second-order valence-electron chi connectivity index (χ2n) is 6.34. The highest BCUT2D eigenvalue weighted by atomic mass is 32.2. The Kier molecular flexibility index (Phi) is 8.55. The van der Waals surface area contributed by atoms with Gasteiger partial charge in [-0.05, 0) is 30.8 Å². The van der Waals surface area contributed by atoms with Gasteiger partial charge < -0.3 is 20.8 Å². The maximum atomic E-state index is 12.9. The summed E-state index contributed by atoms with van der Waals surface area (Å²) in [6, 6.07) is 2.28. The number of aliphatic carboxylic acids is 2. The monoisotopic (exact) mass is 415 g/mol. The van der Waals surface area contributed by atoms with Gasteiger partial charge in [-0.15, -0.1) is 23.1 Å². The van der Waals surface area contributed by atoms with Crippen molar-refractivity contribution in [3.63, 3.8) is 0 Å². The summed E-state index contributed by atoms with van der Waals surface area (Å²) < 4.78 is 0. The molecule has 1 fully saturated rings. The topological polar surface area (TPSA) is 133 Å². The van der Waals surface area contributed by atoms with Crippen LogP contribution in [-0.4, -0.2) is 70.4 Å². The maximum Gasteiger partial charge on any atom is 0.323 e. The molecule has 0 spiro atoms. The number of carboxylic acid groups (broad SMARTS) is 2. The Labute approximate surface area is 166 Å². The van der Waals surface area contributed by atoms with Gasteiger partial charge in [0.25, 0.3) is 0 Å². The quantitative estimate of drug-likeness (QED) is 0.416. The van der Waals surface area contributed by atoms with Crippen LogP contribution in [0.25, 0.3) is 0 Å². The van der Waals surface area contributed by atoms with Crippen LogP contribution in [0.4, 0.5) is 0 Å². The number of thiophene rings is 1. The molecule has 0 aliphatic carbocycles. The van der Waals surface area contributed by atoms with Gasteiger partial charge in [-0.25, -0.2) is 0 Å². The molecule has 10 heteroatoms. The molecule has 27 heavy (non-hydrogen) atoms. The van der Waals surface area contributed by atoms with E-state index in [1.54, 1.807) is 23.1 Å². The number of nitrogens with zero attached hydrogens (tertiary/aromatic N) is 1. The summed E-state index contributed by atoms with van der Waals surface area (Å²) in [6.45, 7) is 0.378. The largest absolute Gasteiger partial charge is 0.480 e. The molecule has 2 heterocycles. The summed E-state index contributed by atoms with van der Waals surface area (Å²) in [4.78, 5) is 38.0. The molecule has 5 N–H and O–H groups in total. The number of carboxylic acids is 2. The molecule has 1 aliphatic rings. The van der Waals surface area contributed by atoms with Crippen LogP contribution in [0.5, 0.6) is 0 Å². The summed E-state index contributed by atoms with van der Waals surface area (Å²) in [7, 11) is 0. The van der Waals surface area contributed by atoms with Crippen LogP contribution in [0, 0.1) is 0 Å². The standard InChI is InChI=1S/C17H25N3O5S2/c18-6-2-1-4-11(17(24)25)19-12-10-27-14(13-5-3-7-26-13)8-20(16(12)23)9-15(21)22/h3,5,7,11-12,14,19H,1-2,4,6,8-10,18H2,(H,21,22)(H,24,25)/t11-,12-,14-/m0/s1. The third-order valence-electron chi connectivity index (χ3n) is 4.29. The first-order chi connectivity index (χ1) is 12.9. The molecule has 150 valence electrons. The lowest BCUT2D eigenvalue weighted by Gasteiger charge is -2.26. The fourth-order valence-corrected chi connectivity index (χ4v) is 5.19. The van der Waals surface area contributed by atoms with Crippen LogP contribution in [0.1, 0.15) is 29.4 Å². The molecule has 0 aromatic carbocycles. The second-order valence-corrected chi connectivity index (χ2v) is 8.56. The molecule has 3 atom stereocenters. The molecule has 2 rings (SSSR count). The SMILES string of the molecule is NCCCC[C@H](N[C@H]1CS[C@H](c2cccs2)CN(CC(=O)O)C1=O)C(=O)O. The molecular weight excluding hydrogens is 390 g/mol. The van der Waals surface area contributed by atoms with Crippen LogP contribution in [0.15, 0.2) is 17.5 Å². The van der Waals surface area contributed by atoms with Crippen molar-refractivity contribution < 1.29 is 24.6 Å². The molecule has 1 saturated heterocycles. The number of amides is 1. The molecule has 0 radical (unpaired) electrons. The van der Waals surface area contributed by atoms with Crippen molar-refractivity contribution in [1.29, 1.82) is 0 Å². The van der Waals surface area contributed by atoms with Crippen LogP contribution < -0.4 is 11.1 Å². The molecule has 1 aliphatic heterocycles. The van der Waals surface area contributed by atoms with Gasteiger partial charge in [0.05, 0.1) is 11.3 Å². The highest BCUT2D eigenvalue weighted by Crippen LogP contribution is 2.35. The minimum Gasteiger partial charge on any atom is -0.480 e. The smallest absolute Gasteiger partial charge is 0.323 e. The van der Waals surface area contributed by atoms with Crippen molar-refractivity contribution in [3.8, 4) is 0 Å². The lowest BCUT2D eigenvalue weighted by molar-refractivity contribution is -0.146. The second kappa shape index (κ2) is 10.6. The Hall–Kier alpha value is -1.62. The molecule has 1 amide bonds. The third-order valence-corrected chi connectivity index (χ3v) is 6.76. The Morgan fingerprint density at radius 2 is 2.15 bits per heavy atom. The zero-order chi connectivity index (χ0) is 19.8. The van der Waals surface area contributed by atoms with E-state index in [0.29, 0.717) is 38.1 Å². The van der Waals surface area contributed by atoms with Gasteiger partial charge in [-0.3, -0.25) is 19.7 Å². The van der Waals surface area contributed by atoms with E-state index in [4.69, 9.17) is 10.8 Å². The normalized spacial score (nSPS) is 21.7. The zero-order valence-corrected chi connectivity index (χ0v) is 16.5. The van der Waals surface area contributed by atoms with Crippen molar-refractivity contribution in [1.82, 2.24) is 10.2 Å². The van der Waals surface area contributed by atoms with E-state index in [9.17, 15) is 19.5 Å². The van der Waals surface area contributed by atoms with E-state index in [2.05, 4.69) is 5.32 Å². The van der Waals surface area contributed by atoms with Crippen molar-refractivity contribution in [2.45, 2.75) is 36.6 Å². The molecular formula is C17H25N3O5S2. The minimum atomic E-state index is -1.09. The van der Waals surface area contributed by atoms with Gasteiger partial charge in [0.15, 0.2) is 0 Å². The van der Waals surface area contributed by atoms with Crippen molar-refractivity contribution in [3.05, 3.63) is 22.4 Å². The minimum absolute atomic E-state index is 0.0272. The number of carbonyl (C=O) groups excluding carboxylic acids is 1. The molecule has 0 bridgehead atoms. The lowest BCUT2D eigenvalue weighted by Crippen LogP contribution is -2.53. The number of hydrogen-bond acceptors (Lipinski definition) is 7. The van der Waals surface area contributed by atoms with Crippen molar-refractivity contribution >= 4 is 40.9 Å².